The van der Waals surface area contributed by atoms with Gasteiger partial charge in [0.15, 0.2) is 17.5 Å². The second kappa shape index (κ2) is 14.2. The van der Waals surface area contributed by atoms with E-state index in [0.717, 1.165) is 62.2 Å². The highest BCUT2D eigenvalue weighted by Gasteiger charge is 2.33. The third kappa shape index (κ3) is 8.17. The molecule has 1 fully saturated rings. The maximum atomic E-state index is 5.97. The number of methoxy groups -OCH3 is 2. The number of hydrogen-bond acceptors (Lipinski definition) is 5. The molecular weight excluding hydrogens is 404 g/mol. The number of likely N-dealkylation sites (N-methyl/N-ethyl adjacent to an activating group) is 1. The van der Waals surface area contributed by atoms with Crippen LogP contribution in [-0.2, 0) is 11.3 Å². The van der Waals surface area contributed by atoms with Gasteiger partial charge in [-0.25, -0.2) is 0 Å². The lowest BCUT2D eigenvalue weighted by Crippen LogP contribution is -2.43. The number of ether oxygens (including phenoxy) is 3. The average molecular weight is 449 g/mol. The Kier molecular flexibility index (Phi) is 11.7. The molecule has 7 heteroatoms. The number of aliphatic imine (C=N–C) groups is 1. The molecule has 0 amide bonds. The summed E-state index contributed by atoms with van der Waals surface area (Å²) in [5, 5.41) is 6.98. The Morgan fingerprint density at radius 3 is 2.44 bits per heavy atom. The standard InChI is InChI=1S/C25H44N4O3/c1-6-29(7-2)15-17-32-22-11-10-21(18-23(22)31-5)19-27-24(26-3)28-20-25(14-16-30-4)12-8-9-13-25/h10-11,18H,6-9,12-17,19-20H2,1-5H3,(H2,26,27,28). The molecule has 1 saturated carbocycles. The third-order valence-corrected chi connectivity index (χ3v) is 6.60. The molecule has 0 aliphatic heterocycles. The molecule has 2 N–H and O–H groups in total. The molecule has 0 aromatic heterocycles. The fraction of sp³-hybridized carbons (Fsp3) is 0.720. The first-order chi connectivity index (χ1) is 15.6. The van der Waals surface area contributed by atoms with E-state index in [1.54, 1.807) is 14.2 Å². The number of rotatable bonds is 14. The Labute approximate surface area is 194 Å². The van der Waals surface area contributed by atoms with E-state index in [-0.39, 0.29) is 0 Å². The Hall–Kier alpha value is -1.99. The maximum absolute atomic E-state index is 5.97. The van der Waals surface area contributed by atoms with Crippen molar-refractivity contribution in [1.82, 2.24) is 15.5 Å². The highest BCUT2D eigenvalue weighted by molar-refractivity contribution is 5.79. The van der Waals surface area contributed by atoms with E-state index in [1.165, 1.54) is 25.7 Å². The molecule has 0 radical (unpaired) electrons. The molecule has 0 heterocycles. The summed E-state index contributed by atoms with van der Waals surface area (Å²) in [5.41, 5.74) is 1.44. The SMILES string of the molecule is CCN(CC)CCOc1ccc(CNC(=NC)NCC2(CCOC)CCCC2)cc1OC. The van der Waals surface area contributed by atoms with E-state index in [0.29, 0.717) is 18.6 Å². The zero-order valence-electron chi connectivity index (χ0n) is 20.8. The fourth-order valence-electron chi connectivity index (χ4n) is 4.40. The molecule has 1 aromatic rings. The van der Waals surface area contributed by atoms with Gasteiger partial charge in [0.1, 0.15) is 6.61 Å². The van der Waals surface area contributed by atoms with Gasteiger partial charge in [-0.05, 0) is 55.5 Å². The summed E-state index contributed by atoms with van der Waals surface area (Å²) >= 11 is 0. The lowest BCUT2D eigenvalue weighted by Gasteiger charge is -2.30. The number of guanidine groups is 1. The van der Waals surface area contributed by atoms with E-state index in [4.69, 9.17) is 14.2 Å². The minimum atomic E-state index is 0.320. The second-order valence-electron chi connectivity index (χ2n) is 8.59. The third-order valence-electron chi connectivity index (χ3n) is 6.60. The molecule has 1 aliphatic carbocycles. The minimum absolute atomic E-state index is 0.320. The highest BCUT2D eigenvalue weighted by Crippen LogP contribution is 2.40. The Balaban J connectivity index is 1.87. The summed E-state index contributed by atoms with van der Waals surface area (Å²) in [6.45, 7) is 10.4. The van der Waals surface area contributed by atoms with E-state index in [1.807, 2.05) is 19.2 Å². The van der Waals surface area contributed by atoms with E-state index in [2.05, 4.69) is 40.4 Å². The molecular formula is C25H44N4O3. The molecule has 1 aliphatic rings. The van der Waals surface area contributed by atoms with Gasteiger partial charge in [0.2, 0.25) is 0 Å². The summed E-state index contributed by atoms with van der Waals surface area (Å²) in [7, 11) is 5.29. The van der Waals surface area contributed by atoms with E-state index < -0.39 is 0 Å². The molecule has 182 valence electrons. The lowest BCUT2D eigenvalue weighted by atomic mass is 9.83. The molecule has 0 bridgehead atoms. The first-order valence-corrected chi connectivity index (χ1v) is 12.0. The van der Waals surface area contributed by atoms with Crippen molar-refractivity contribution >= 4 is 5.96 Å². The van der Waals surface area contributed by atoms with Crippen molar-refractivity contribution in [2.75, 3.05) is 60.7 Å². The van der Waals surface area contributed by atoms with Gasteiger partial charge >= 0.3 is 0 Å². The Bertz CT molecular complexity index is 686. The first kappa shape index (κ1) is 26.3. The largest absolute Gasteiger partial charge is 0.493 e. The maximum Gasteiger partial charge on any atom is 0.191 e. The van der Waals surface area contributed by atoms with Crippen molar-refractivity contribution in [3.05, 3.63) is 23.8 Å². The predicted molar refractivity (Wildman–Crippen MR) is 132 cm³/mol. The summed E-state index contributed by atoms with van der Waals surface area (Å²) in [5.74, 6) is 2.37. The molecule has 0 spiro atoms. The van der Waals surface area contributed by atoms with Gasteiger partial charge in [-0.1, -0.05) is 32.8 Å². The highest BCUT2D eigenvalue weighted by atomic mass is 16.5. The molecule has 32 heavy (non-hydrogen) atoms. The van der Waals surface area contributed by atoms with E-state index in [9.17, 15) is 0 Å². The van der Waals surface area contributed by atoms with Crippen LogP contribution in [0, 0.1) is 5.41 Å². The molecule has 0 unspecified atom stereocenters. The number of hydrogen-bond donors (Lipinski definition) is 2. The monoisotopic (exact) mass is 448 g/mol. The van der Waals surface area contributed by atoms with Crippen LogP contribution in [0.5, 0.6) is 11.5 Å². The predicted octanol–water partition coefficient (Wildman–Crippen LogP) is 3.68. The van der Waals surface area contributed by atoms with Crippen LogP contribution in [-0.4, -0.2) is 71.5 Å². The van der Waals surface area contributed by atoms with Crippen LogP contribution in [0.4, 0.5) is 0 Å². The molecule has 0 atom stereocenters. The van der Waals surface area contributed by atoms with Crippen LogP contribution in [0.1, 0.15) is 51.5 Å². The van der Waals surface area contributed by atoms with Gasteiger partial charge in [-0.3, -0.25) is 4.99 Å². The zero-order valence-corrected chi connectivity index (χ0v) is 20.8. The summed E-state index contributed by atoms with van der Waals surface area (Å²) in [6.07, 6.45) is 6.22. The van der Waals surface area contributed by atoms with Crippen LogP contribution in [0.3, 0.4) is 0 Å². The van der Waals surface area contributed by atoms with Crippen LogP contribution in [0.15, 0.2) is 23.2 Å². The van der Waals surface area contributed by atoms with Gasteiger partial charge in [0, 0.05) is 40.4 Å². The van der Waals surface area contributed by atoms with Crippen molar-refractivity contribution in [1.29, 1.82) is 0 Å². The molecule has 7 nitrogen and oxygen atoms in total. The molecule has 2 rings (SSSR count). The minimum Gasteiger partial charge on any atom is -0.493 e. The Morgan fingerprint density at radius 1 is 1.06 bits per heavy atom. The Morgan fingerprint density at radius 2 is 1.81 bits per heavy atom. The number of nitrogens with one attached hydrogen (secondary N) is 2. The average Bonchev–Trinajstić information content (AvgIpc) is 3.30. The van der Waals surface area contributed by atoms with Crippen molar-refractivity contribution in [2.45, 2.75) is 52.5 Å². The van der Waals surface area contributed by atoms with Crippen LogP contribution in [0.2, 0.25) is 0 Å². The van der Waals surface area contributed by atoms with Crippen molar-refractivity contribution in [3.8, 4) is 11.5 Å². The zero-order chi connectivity index (χ0) is 23.2. The van der Waals surface area contributed by atoms with Crippen LogP contribution < -0.4 is 20.1 Å². The quantitative estimate of drug-likeness (QED) is 0.334. The first-order valence-electron chi connectivity index (χ1n) is 12.0. The summed E-state index contributed by atoms with van der Waals surface area (Å²) < 4.78 is 16.9. The smallest absolute Gasteiger partial charge is 0.191 e. The second-order valence-corrected chi connectivity index (χ2v) is 8.59. The molecule has 0 saturated heterocycles. The van der Waals surface area contributed by atoms with Gasteiger partial charge in [-0.15, -0.1) is 0 Å². The summed E-state index contributed by atoms with van der Waals surface area (Å²) in [4.78, 5) is 6.75. The van der Waals surface area contributed by atoms with Gasteiger partial charge in [-0.2, -0.15) is 0 Å². The fourth-order valence-corrected chi connectivity index (χ4v) is 4.40. The van der Waals surface area contributed by atoms with Crippen molar-refractivity contribution in [3.63, 3.8) is 0 Å². The molecule has 1 aromatic carbocycles. The number of benzene rings is 1. The van der Waals surface area contributed by atoms with E-state index >= 15 is 0 Å². The van der Waals surface area contributed by atoms with Crippen molar-refractivity contribution < 1.29 is 14.2 Å². The van der Waals surface area contributed by atoms with Crippen LogP contribution in [0.25, 0.3) is 0 Å². The van der Waals surface area contributed by atoms with Crippen LogP contribution >= 0.6 is 0 Å². The van der Waals surface area contributed by atoms with Gasteiger partial charge in [0.05, 0.1) is 7.11 Å². The topological polar surface area (TPSA) is 67.4 Å². The van der Waals surface area contributed by atoms with Gasteiger partial charge < -0.3 is 29.7 Å². The van der Waals surface area contributed by atoms with Crippen molar-refractivity contribution in [2.24, 2.45) is 10.4 Å². The normalized spacial score (nSPS) is 15.8. The number of nitrogens with zero attached hydrogens (tertiary/aromatic N) is 2. The lowest BCUT2D eigenvalue weighted by molar-refractivity contribution is 0.138. The van der Waals surface area contributed by atoms with Gasteiger partial charge in [0.25, 0.3) is 0 Å². The summed E-state index contributed by atoms with van der Waals surface area (Å²) in [6, 6.07) is 6.10.